The SMILES string of the molecule is CCNC(=NCc1cc(Br)ccc1OC(F)F)NCC(C)(O)c1ccco1. The number of halogens is 3. The van der Waals surface area contributed by atoms with Gasteiger partial charge in [-0.05, 0) is 44.2 Å². The summed E-state index contributed by atoms with van der Waals surface area (Å²) in [5.41, 5.74) is -0.737. The molecule has 1 aromatic carbocycles. The van der Waals surface area contributed by atoms with Crippen LogP contribution in [0.3, 0.4) is 0 Å². The Morgan fingerprint density at radius 3 is 2.78 bits per heavy atom. The summed E-state index contributed by atoms with van der Waals surface area (Å²) < 4.78 is 35.7. The molecule has 0 amide bonds. The van der Waals surface area contributed by atoms with Gasteiger partial charge in [-0.15, -0.1) is 0 Å². The van der Waals surface area contributed by atoms with Gasteiger partial charge in [0, 0.05) is 16.6 Å². The summed E-state index contributed by atoms with van der Waals surface area (Å²) in [5.74, 6) is 0.910. The molecule has 0 bridgehead atoms. The first-order valence-corrected chi connectivity index (χ1v) is 9.13. The van der Waals surface area contributed by atoms with E-state index >= 15 is 0 Å². The first-order valence-electron chi connectivity index (χ1n) is 8.33. The standard InChI is InChI=1S/C18H22BrF2N3O3/c1-3-22-17(24-11-18(2,25)15-5-4-8-26-15)23-10-12-9-13(19)6-7-14(12)27-16(20)21/h4-9,16,25H,3,10-11H2,1-2H3,(H2,22,23,24). The average Bonchev–Trinajstić information content (AvgIpc) is 3.14. The van der Waals surface area contributed by atoms with Crippen LogP contribution in [-0.2, 0) is 12.1 Å². The number of furan rings is 1. The van der Waals surface area contributed by atoms with E-state index in [9.17, 15) is 13.9 Å². The molecule has 3 N–H and O–H groups in total. The lowest BCUT2D eigenvalue weighted by atomic mass is 10.0. The third-order valence-corrected chi connectivity index (χ3v) is 4.14. The predicted octanol–water partition coefficient (Wildman–Crippen LogP) is 3.61. The molecule has 0 saturated carbocycles. The highest BCUT2D eigenvalue weighted by Gasteiger charge is 2.26. The monoisotopic (exact) mass is 445 g/mol. The van der Waals surface area contributed by atoms with Crippen molar-refractivity contribution in [1.29, 1.82) is 0 Å². The van der Waals surface area contributed by atoms with Gasteiger partial charge in [0.05, 0.1) is 19.4 Å². The van der Waals surface area contributed by atoms with Crippen LogP contribution in [0.4, 0.5) is 8.78 Å². The van der Waals surface area contributed by atoms with E-state index in [4.69, 9.17) is 4.42 Å². The van der Waals surface area contributed by atoms with Crippen molar-refractivity contribution in [2.75, 3.05) is 13.1 Å². The minimum atomic E-state index is -2.91. The van der Waals surface area contributed by atoms with Crippen molar-refractivity contribution in [2.24, 2.45) is 4.99 Å². The second-order valence-corrected chi connectivity index (χ2v) is 6.85. The maximum atomic E-state index is 12.6. The van der Waals surface area contributed by atoms with Gasteiger partial charge in [-0.2, -0.15) is 8.78 Å². The van der Waals surface area contributed by atoms with E-state index in [1.165, 1.54) is 12.3 Å². The fourth-order valence-corrected chi connectivity index (χ4v) is 2.72. The summed E-state index contributed by atoms with van der Waals surface area (Å²) in [6.07, 6.45) is 1.49. The first kappa shape index (κ1) is 21.2. The van der Waals surface area contributed by atoms with Crippen molar-refractivity contribution in [3.8, 4) is 5.75 Å². The zero-order valence-electron chi connectivity index (χ0n) is 15.0. The number of hydrogen-bond donors (Lipinski definition) is 3. The molecular weight excluding hydrogens is 424 g/mol. The van der Waals surface area contributed by atoms with Crippen LogP contribution < -0.4 is 15.4 Å². The predicted molar refractivity (Wildman–Crippen MR) is 102 cm³/mol. The smallest absolute Gasteiger partial charge is 0.387 e. The van der Waals surface area contributed by atoms with Crippen LogP contribution in [-0.4, -0.2) is 30.8 Å². The molecule has 2 aromatic rings. The Balaban J connectivity index is 2.10. The maximum Gasteiger partial charge on any atom is 0.387 e. The molecule has 1 aromatic heterocycles. The molecular formula is C18H22BrF2N3O3. The zero-order valence-corrected chi connectivity index (χ0v) is 16.6. The van der Waals surface area contributed by atoms with Crippen LogP contribution in [0.1, 0.15) is 25.2 Å². The van der Waals surface area contributed by atoms with E-state index < -0.39 is 12.2 Å². The van der Waals surface area contributed by atoms with Crippen LogP contribution >= 0.6 is 15.9 Å². The van der Waals surface area contributed by atoms with Gasteiger partial charge in [-0.1, -0.05) is 15.9 Å². The number of alkyl halides is 2. The third kappa shape index (κ3) is 6.51. The van der Waals surface area contributed by atoms with Crippen molar-refractivity contribution in [3.63, 3.8) is 0 Å². The number of benzene rings is 1. The van der Waals surface area contributed by atoms with Crippen molar-refractivity contribution in [1.82, 2.24) is 10.6 Å². The van der Waals surface area contributed by atoms with Crippen molar-refractivity contribution >= 4 is 21.9 Å². The van der Waals surface area contributed by atoms with Gasteiger partial charge in [-0.25, -0.2) is 4.99 Å². The molecule has 0 aliphatic heterocycles. The van der Waals surface area contributed by atoms with Gasteiger partial charge >= 0.3 is 6.61 Å². The molecule has 0 aliphatic carbocycles. The van der Waals surface area contributed by atoms with Crippen molar-refractivity contribution in [2.45, 2.75) is 32.6 Å². The van der Waals surface area contributed by atoms with Gasteiger partial charge in [0.15, 0.2) is 5.96 Å². The molecule has 2 rings (SSSR count). The molecule has 0 saturated heterocycles. The quantitative estimate of drug-likeness (QED) is 0.427. The minimum absolute atomic E-state index is 0.0652. The van der Waals surface area contributed by atoms with Crippen molar-refractivity contribution in [3.05, 3.63) is 52.4 Å². The van der Waals surface area contributed by atoms with Gasteiger partial charge in [0.2, 0.25) is 0 Å². The largest absolute Gasteiger partial charge is 0.466 e. The molecule has 0 fully saturated rings. The average molecular weight is 446 g/mol. The summed E-state index contributed by atoms with van der Waals surface area (Å²) >= 11 is 3.31. The second-order valence-electron chi connectivity index (χ2n) is 5.93. The Labute approximate surface area is 164 Å². The summed E-state index contributed by atoms with van der Waals surface area (Å²) in [6.45, 7) is 1.44. The Bertz CT molecular complexity index is 752. The molecule has 0 spiro atoms. The Morgan fingerprint density at radius 1 is 1.37 bits per heavy atom. The highest BCUT2D eigenvalue weighted by atomic mass is 79.9. The maximum absolute atomic E-state index is 12.6. The highest BCUT2D eigenvalue weighted by molar-refractivity contribution is 9.10. The molecule has 1 heterocycles. The number of nitrogens with zero attached hydrogens (tertiary/aromatic N) is 1. The van der Waals surface area contributed by atoms with Gasteiger partial charge < -0.3 is 24.9 Å². The summed E-state index contributed by atoms with van der Waals surface area (Å²) in [6, 6.07) is 8.13. The number of guanidine groups is 1. The second kappa shape index (κ2) is 9.70. The molecule has 1 atom stereocenters. The van der Waals surface area contributed by atoms with E-state index in [1.807, 2.05) is 6.92 Å². The van der Waals surface area contributed by atoms with E-state index in [-0.39, 0.29) is 18.8 Å². The lowest BCUT2D eigenvalue weighted by Gasteiger charge is -2.22. The number of aliphatic imine (C=N–C) groups is 1. The summed E-state index contributed by atoms with van der Waals surface area (Å²) in [7, 11) is 0. The number of nitrogens with one attached hydrogen (secondary N) is 2. The van der Waals surface area contributed by atoms with Crippen LogP contribution in [0.25, 0.3) is 0 Å². The topological polar surface area (TPSA) is 79.0 Å². The number of ether oxygens (including phenoxy) is 1. The fraction of sp³-hybridized carbons (Fsp3) is 0.389. The highest BCUT2D eigenvalue weighted by Crippen LogP contribution is 2.25. The Hall–Kier alpha value is -2.13. The summed E-state index contributed by atoms with van der Waals surface area (Å²) in [4.78, 5) is 4.38. The van der Waals surface area contributed by atoms with Gasteiger partial charge in [-0.3, -0.25) is 0 Å². The Kier molecular flexibility index (Phi) is 7.61. The molecule has 27 heavy (non-hydrogen) atoms. The van der Waals surface area contributed by atoms with E-state index in [0.717, 1.165) is 4.47 Å². The molecule has 1 unspecified atom stereocenters. The minimum Gasteiger partial charge on any atom is -0.466 e. The van der Waals surface area contributed by atoms with E-state index in [2.05, 4.69) is 36.3 Å². The van der Waals surface area contributed by atoms with Crippen LogP contribution in [0.5, 0.6) is 5.75 Å². The molecule has 148 valence electrons. The number of rotatable bonds is 8. The zero-order chi connectivity index (χ0) is 19.9. The third-order valence-electron chi connectivity index (χ3n) is 3.64. The number of hydrogen-bond acceptors (Lipinski definition) is 4. The summed E-state index contributed by atoms with van der Waals surface area (Å²) in [5, 5.41) is 16.6. The van der Waals surface area contributed by atoms with Gasteiger partial charge in [0.1, 0.15) is 17.1 Å². The lowest BCUT2D eigenvalue weighted by molar-refractivity contribution is -0.0504. The molecule has 9 heteroatoms. The first-order chi connectivity index (χ1) is 12.8. The van der Waals surface area contributed by atoms with Crippen LogP contribution in [0.2, 0.25) is 0 Å². The normalized spacial score (nSPS) is 14.1. The fourth-order valence-electron chi connectivity index (χ4n) is 2.32. The van der Waals surface area contributed by atoms with E-state index in [1.54, 1.807) is 31.2 Å². The van der Waals surface area contributed by atoms with Gasteiger partial charge in [0.25, 0.3) is 0 Å². The van der Waals surface area contributed by atoms with E-state index in [0.29, 0.717) is 23.8 Å². The molecule has 6 nitrogen and oxygen atoms in total. The lowest BCUT2D eigenvalue weighted by Crippen LogP contribution is -2.44. The van der Waals surface area contributed by atoms with Crippen LogP contribution in [0, 0.1) is 0 Å². The van der Waals surface area contributed by atoms with Crippen LogP contribution in [0.15, 0.2) is 50.5 Å². The Morgan fingerprint density at radius 2 is 2.15 bits per heavy atom. The molecule has 0 radical (unpaired) electrons. The number of aliphatic hydroxyl groups is 1. The molecule has 0 aliphatic rings. The van der Waals surface area contributed by atoms with Crippen molar-refractivity contribution < 1.29 is 23.0 Å².